The molecule has 0 unspecified atom stereocenters. The van der Waals surface area contributed by atoms with Crippen molar-refractivity contribution in [3.63, 3.8) is 0 Å². The lowest BCUT2D eigenvalue weighted by Gasteiger charge is -2.11. The van der Waals surface area contributed by atoms with E-state index in [9.17, 15) is 0 Å². The highest BCUT2D eigenvalue weighted by molar-refractivity contribution is 5.39. The van der Waals surface area contributed by atoms with E-state index < -0.39 is 0 Å². The van der Waals surface area contributed by atoms with Gasteiger partial charge in [0.15, 0.2) is 0 Å². The maximum Gasteiger partial charge on any atom is 0.123 e. The second kappa shape index (κ2) is 4.10. The number of hydrogen-bond donors (Lipinski definition) is 1. The normalized spacial score (nSPS) is 19.8. The molecule has 1 aromatic carbocycles. The molecule has 2 aliphatic rings. The highest BCUT2D eigenvalue weighted by Gasteiger charge is 2.25. The molecule has 1 aromatic rings. The van der Waals surface area contributed by atoms with Crippen LogP contribution in [0.4, 0.5) is 0 Å². The van der Waals surface area contributed by atoms with E-state index in [2.05, 4.69) is 23.5 Å². The summed E-state index contributed by atoms with van der Waals surface area (Å²) in [5, 5.41) is 3.55. The van der Waals surface area contributed by atoms with E-state index in [4.69, 9.17) is 4.74 Å². The molecule has 2 saturated carbocycles. The maximum absolute atomic E-state index is 5.41. The Labute approximate surface area is 97.0 Å². The second-order valence-electron chi connectivity index (χ2n) is 5.00. The summed E-state index contributed by atoms with van der Waals surface area (Å²) in [5.74, 6) is 1.85. The average Bonchev–Trinajstić information content (AvgIpc) is 3.18. The molecule has 0 spiro atoms. The molecule has 0 saturated heterocycles. The summed E-state index contributed by atoms with van der Waals surface area (Å²) in [6.07, 6.45) is 5.40. The van der Waals surface area contributed by atoms with Crippen molar-refractivity contribution in [1.29, 1.82) is 0 Å². The van der Waals surface area contributed by atoms with Gasteiger partial charge in [-0.1, -0.05) is 12.1 Å². The summed E-state index contributed by atoms with van der Waals surface area (Å²) in [6.45, 7) is 0.953. The van der Waals surface area contributed by atoms with Gasteiger partial charge in [0, 0.05) is 18.2 Å². The fraction of sp³-hybridized carbons (Fsp3) is 0.571. The predicted octanol–water partition coefficient (Wildman–Crippen LogP) is 2.82. The Kier molecular flexibility index (Phi) is 2.60. The summed E-state index contributed by atoms with van der Waals surface area (Å²) in [5.41, 5.74) is 2.81. The topological polar surface area (TPSA) is 21.3 Å². The minimum absolute atomic E-state index is 0.759. The van der Waals surface area contributed by atoms with Gasteiger partial charge in [-0.2, -0.15) is 0 Å². The van der Waals surface area contributed by atoms with Gasteiger partial charge < -0.3 is 10.1 Å². The Bertz CT molecular complexity index is 380. The van der Waals surface area contributed by atoms with Crippen LogP contribution in [0, 0.1) is 0 Å². The number of benzene rings is 1. The lowest BCUT2D eigenvalue weighted by atomic mass is 10.1. The average molecular weight is 217 g/mol. The monoisotopic (exact) mass is 217 g/mol. The Hall–Kier alpha value is -1.02. The number of hydrogen-bond acceptors (Lipinski definition) is 2. The molecular formula is C14H19NO. The molecule has 16 heavy (non-hydrogen) atoms. The summed E-state index contributed by atoms with van der Waals surface area (Å²) >= 11 is 0. The van der Waals surface area contributed by atoms with Gasteiger partial charge in [0.1, 0.15) is 5.75 Å². The zero-order valence-electron chi connectivity index (χ0n) is 9.83. The molecule has 0 bridgehead atoms. The van der Waals surface area contributed by atoms with Crippen LogP contribution in [-0.4, -0.2) is 13.2 Å². The van der Waals surface area contributed by atoms with Crippen LogP contribution < -0.4 is 10.1 Å². The first-order chi connectivity index (χ1) is 7.86. The second-order valence-corrected chi connectivity index (χ2v) is 5.00. The molecule has 2 fully saturated rings. The lowest BCUT2D eigenvalue weighted by Crippen LogP contribution is -2.16. The van der Waals surface area contributed by atoms with Gasteiger partial charge in [0.2, 0.25) is 0 Å². The third-order valence-electron chi connectivity index (χ3n) is 3.51. The SMILES string of the molecule is COc1ccc(C2CC2)cc1CNC1CC1. The largest absolute Gasteiger partial charge is 0.496 e. The highest BCUT2D eigenvalue weighted by Crippen LogP contribution is 2.41. The third kappa shape index (κ3) is 2.22. The summed E-state index contributed by atoms with van der Waals surface area (Å²) in [4.78, 5) is 0. The fourth-order valence-corrected chi connectivity index (χ4v) is 2.15. The lowest BCUT2D eigenvalue weighted by molar-refractivity contribution is 0.407. The smallest absolute Gasteiger partial charge is 0.123 e. The van der Waals surface area contributed by atoms with Crippen LogP contribution in [0.1, 0.15) is 42.7 Å². The quantitative estimate of drug-likeness (QED) is 0.819. The van der Waals surface area contributed by atoms with E-state index in [0.717, 1.165) is 24.3 Å². The van der Waals surface area contributed by atoms with E-state index in [0.29, 0.717) is 0 Å². The first-order valence-corrected chi connectivity index (χ1v) is 6.27. The van der Waals surface area contributed by atoms with E-state index in [1.54, 1.807) is 7.11 Å². The van der Waals surface area contributed by atoms with Gasteiger partial charge in [-0.25, -0.2) is 0 Å². The number of nitrogens with one attached hydrogen (secondary N) is 1. The minimum Gasteiger partial charge on any atom is -0.496 e. The van der Waals surface area contributed by atoms with E-state index in [1.165, 1.54) is 36.8 Å². The molecule has 0 atom stereocenters. The number of methoxy groups -OCH3 is 1. The fourth-order valence-electron chi connectivity index (χ4n) is 2.15. The van der Waals surface area contributed by atoms with Crippen LogP contribution in [-0.2, 0) is 6.54 Å². The van der Waals surface area contributed by atoms with Crippen LogP contribution in [0.3, 0.4) is 0 Å². The molecule has 0 aliphatic heterocycles. The van der Waals surface area contributed by atoms with Crippen molar-refractivity contribution in [2.24, 2.45) is 0 Å². The van der Waals surface area contributed by atoms with Crippen LogP contribution in [0.2, 0.25) is 0 Å². The van der Waals surface area contributed by atoms with Gasteiger partial charge in [-0.15, -0.1) is 0 Å². The molecule has 0 aromatic heterocycles. The van der Waals surface area contributed by atoms with Gasteiger partial charge in [-0.05, 0) is 43.2 Å². The number of ether oxygens (including phenoxy) is 1. The molecule has 2 heteroatoms. The Morgan fingerprint density at radius 2 is 2.06 bits per heavy atom. The van der Waals surface area contributed by atoms with Crippen molar-refractivity contribution < 1.29 is 4.74 Å². The molecule has 0 heterocycles. The van der Waals surface area contributed by atoms with Crippen molar-refractivity contribution in [3.05, 3.63) is 29.3 Å². The van der Waals surface area contributed by atoms with Crippen molar-refractivity contribution in [3.8, 4) is 5.75 Å². The van der Waals surface area contributed by atoms with E-state index in [-0.39, 0.29) is 0 Å². The van der Waals surface area contributed by atoms with Crippen LogP contribution in [0.15, 0.2) is 18.2 Å². The molecule has 0 radical (unpaired) electrons. The molecule has 0 amide bonds. The molecule has 86 valence electrons. The van der Waals surface area contributed by atoms with Gasteiger partial charge in [-0.3, -0.25) is 0 Å². The molecule has 3 rings (SSSR count). The number of rotatable bonds is 5. The minimum atomic E-state index is 0.759. The summed E-state index contributed by atoms with van der Waals surface area (Å²) < 4.78 is 5.41. The van der Waals surface area contributed by atoms with Crippen LogP contribution in [0.5, 0.6) is 5.75 Å². The third-order valence-corrected chi connectivity index (χ3v) is 3.51. The first-order valence-electron chi connectivity index (χ1n) is 6.27. The molecule has 1 N–H and O–H groups in total. The Morgan fingerprint density at radius 1 is 1.25 bits per heavy atom. The molecule has 2 nitrogen and oxygen atoms in total. The summed E-state index contributed by atoms with van der Waals surface area (Å²) in [7, 11) is 1.76. The van der Waals surface area contributed by atoms with E-state index >= 15 is 0 Å². The highest BCUT2D eigenvalue weighted by atomic mass is 16.5. The van der Waals surface area contributed by atoms with Crippen molar-refractivity contribution >= 4 is 0 Å². The maximum atomic E-state index is 5.41. The van der Waals surface area contributed by atoms with E-state index in [1.807, 2.05) is 0 Å². The van der Waals surface area contributed by atoms with Crippen LogP contribution >= 0.6 is 0 Å². The Morgan fingerprint density at radius 3 is 2.69 bits per heavy atom. The zero-order chi connectivity index (χ0) is 11.0. The van der Waals surface area contributed by atoms with Crippen LogP contribution in [0.25, 0.3) is 0 Å². The first kappa shape index (κ1) is 10.2. The zero-order valence-corrected chi connectivity index (χ0v) is 9.83. The standard InChI is InChI=1S/C14H19NO/c1-16-14-7-4-11(10-2-3-10)8-12(14)9-15-13-5-6-13/h4,7-8,10,13,15H,2-3,5-6,9H2,1H3. The predicted molar refractivity (Wildman–Crippen MR) is 64.8 cm³/mol. The molecular weight excluding hydrogens is 198 g/mol. The van der Waals surface area contributed by atoms with Gasteiger partial charge in [0.25, 0.3) is 0 Å². The van der Waals surface area contributed by atoms with Crippen molar-refractivity contribution in [1.82, 2.24) is 5.32 Å². The van der Waals surface area contributed by atoms with Crippen molar-refractivity contribution in [2.45, 2.75) is 44.2 Å². The summed E-state index contributed by atoms with van der Waals surface area (Å²) in [6, 6.07) is 7.43. The Balaban J connectivity index is 1.76. The van der Waals surface area contributed by atoms with Gasteiger partial charge >= 0.3 is 0 Å². The van der Waals surface area contributed by atoms with Crippen molar-refractivity contribution in [2.75, 3.05) is 7.11 Å². The van der Waals surface area contributed by atoms with Gasteiger partial charge in [0.05, 0.1) is 7.11 Å². The molecule has 2 aliphatic carbocycles.